The maximum Gasteiger partial charge on any atom is 0.435 e. The second kappa shape index (κ2) is 7.31. The van der Waals surface area contributed by atoms with E-state index in [4.69, 9.17) is 4.74 Å². The zero-order valence-electron chi connectivity index (χ0n) is 13.1. The topological polar surface area (TPSA) is 59.4 Å². The van der Waals surface area contributed by atoms with Crippen LogP contribution >= 0.6 is 0 Å². The fraction of sp³-hybridized carbons (Fsp3) is 0.714. The molecular formula is C14H21F3N4O2. The van der Waals surface area contributed by atoms with E-state index >= 15 is 0 Å². The number of alkyl halides is 3. The molecule has 0 radical (unpaired) electrons. The lowest BCUT2D eigenvalue weighted by Gasteiger charge is -2.35. The van der Waals surface area contributed by atoms with Crippen molar-refractivity contribution in [2.24, 2.45) is 0 Å². The molecule has 1 N–H and O–H groups in total. The number of halogens is 3. The Morgan fingerprint density at radius 2 is 2.04 bits per heavy atom. The minimum absolute atomic E-state index is 0.152. The van der Waals surface area contributed by atoms with Gasteiger partial charge in [-0.3, -0.25) is 14.4 Å². The average Bonchev–Trinajstić information content (AvgIpc) is 2.85. The third-order valence-electron chi connectivity index (χ3n) is 3.48. The molecule has 130 valence electrons. The third kappa shape index (κ3) is 5.51. The largest absolute Gasteiger partial charge is 0.435 e. The van der Waals surface area contributed by atoms with Crippen LogP contribution in [0.1, 0.15) is 19.5 Å². The summed E-state index contributed by atoms with van der Waals surface area (Å²) in [5.74, 6) is -0.365. The quantitative estimate of drug-likeness (QED) is 0.877. The maximum atomic E-state index is 12.4. The molecule has 0 aromatic carbocycles. The summed E-state index contributed by atoms with van der Waals surface area (Å²) < 4.78 is 43.9. The van der Waals surface area contributed by atoms with Crippen molar-refractivity contribution in [3.63, 3.8) is 0 Å². The van der Waals surface area contributed by atoms with Gasteiger partial charge in [-0.05, 0) is 19.9 Å². The Morgan fingerprint density at radius 3 is 2.61 bits per heavy atom. The highest BCUT2D eigenvalue weighted by atomic mass is 19.4. The van der Waals surface area contributed by atoms with E-state index in [1.165, 1.54) is 0 Å². The van der Waals surface area contributed by atoms with Crippen LogP contribution in [-0.2, 0) is 22.3 Å². The minimum atomic E-state index is -4.49. The van der Waals surface area contributed by atoms with E-state index in [1.807, 2.05) is 13.8 Å². The van der Waals surface area contributed by atoms with Gasteiger partial charge < -0.3 is 10.1 Å². The number of rotatable bonds is 5. The van der Waals surface area contributed by atoms with Crippen molar-refractivity contribution in [3.05, 3.63) is 18.0 Å². The monoisotopic (exact) mass is 334 g/mol. The fourth-order valence-corrected chi connectivity index (χ4v) is 2.62. The van der Waals surface area contributed by atoms with Crippen LogP contribution < -0.4 is 5.32 Å². The maximum absolute atomic E-state index is 12.4. The first-order valence-corrected chi connectivity index (χ1v) is 7.49. The van der Waals surface area contributed by atoms with Crippen molar-refractivity contribution in [2.75, 3.05) is 26.2 Å². The summed E-state index contributed by atoms with van der Waals surface area (Å²) in [7, 11) is 0. The van der Waals surface area contributed by atoms with Gasteiger partial charge in [0.05, 0.1) is 12.2 Å². The highest BCUT2D eigenvalue weighted by molar-refractivity contribution is 5.75. The van der Waals surface area contributed by atoms with Gasteiger partial charge in [0, 0.05) is 32.4 Å². The number of carbonyl (C=O) groups excluding carboxylic acids is 1. The lowest BCUT2D eigenvalue weighted by molar-refractivity contribution is -0.141. The van der Waals surface area contributed by atoms with Gasteiger partial charge in [0.2, 0.25) is 5.91 Å². The van der Waals surface area contributed by atoms with Gasteiger partial charge in [-0.15, -0.1) is 0 Å². The molecule has 1 amide bonds. The second-order valence-electron chi connectivity index (χ2n) is 5.76. The Bertz CT molecular complexity index is 522. The molecule has 0 saturated carbocycles. The van der Waals surface area contributed by atoms with Gasteiger partial charge in [-0.1, -0.05) is 0 Å². The molecule has 0 aliphatic carbocycles. The SMILES string of the molecule is CC1CN(CCNC(=O)Cn2ccc(C(F)(F)F)n2)CC(C)O1. The smallest absolute Gasteiger partial charge is 0.373 e. The first-order chi connectivity index (χ1) is 10.7. The number of morpholine rings is 1. The molecule has 1 fully saturated rings. The lowest BCUT2D eigenvalue weighted by Crippen LogP contribution is -2.48. The van der Waals surface area contributed by atoms with Crippen LogP contribution in [0.3, 0.4) is 0 Å². The van der Waals surface area contributed by atoms with Crippen molar-refractivity contribution < 1.29 is 22.7 Å². The van der Waals surface area contributed by atoms with E-state index in [0.717, 1.165) is 30.0 Å². The Labute approximate surface area is 132 Å². The van der Waals surface area contributed by atoms with Crippen molar-refractivity contribution in [1.82, 2.24) is 20.0 Å². The highest BCUT2D eigenvalue weighted by Crippen LogP contribution is 2.27. The first-order valence-electron chi connectivity index (χ1n) is 7.49. The van der Waals surface area contributed by atoms with Crippen LogP contribution in [0.4, 0.5) is 13.2 Å². The standard InChI is InChI=1S/C14H21F3N4O2/c1-10-7-20(8-11(2)23-10)6-4-18-13(22)9-21-5-3-12(19-21)14(15,16)17/h3,5,10-11H,4,6-9H2,1-2H3,(H,18,22). The summed E-state index contributed by atoms with van der Waals surface area (Å²) in [6.45, 7) is 6.48. The Balaban J connectivity index is 1.72. The lowest BCUT2D eigenvalue weighted by atomic mass is 10.2. The minimum Gasteiger partial charge on any atom is -0.373 e. The molecule has 2 heterocycles. The van der Waals surface area contributed by atoms with Crippen LogP contribution in [-0.4, -0.2) is 59.0 Å². The molecule has 1 aromatic rings. The van der Waals surface area contributed by atoms with E-state index < -0.39 is 11.9 Å². The van der Waals surface area contributed by atoms with Gasteiger partial charge in [0.1, 0.15) is 6.54 Å². The molecule has 23 heavy (non-hydrogen) atoms. The third-order valence-corrected chi connectivity index (χ3v) is 3.48. The number of nitrogens with one attached hydrogen (secondary N) is 1. The summed E-state index contributed by atoms with van der Waals surface area (Å²) in [5, 5.41) is 6.04. The fourth-order valence-electron chi connectivity index (χ4n) is 2.62. The molecule has 9 heteroatoms. The number of carbonyl (C=O) groups is 1. The van der Waals surface area contributed by atoms with E-state index in [1.54, 1.807) is 0 Å². The predicted molar refractivity (Wildman–Crippen MR) is 76.7 cm³/mol. The van der Waals surface area contributed by atoms with Crippen LogP contribution in [0.15, 0.2) is 12.3 Å². The number of hydrogen-bond donors (Lipinski definition) is 1. The molecule has 1 aromatic heterocycles. The van der Waals surface area contributed by atoms with Gasteiger partial charge in [0.15, 0.2) is 5.69 Å². The van der Waals surface area contributed by atoms with Crippen LogP contribution in [0.25, 0.3) is 0 Å². The van der Waals surface area contributed by atoms with E-state index in [9.17, 15) is 18.0 Å². The molecule has 2 rings (SSSR count). The number of nitrogens with zero attached hydrogens (tertiary/aromatic N) is 3. The molecular weight excluding hydrogens is 313 g/mol. The van der Waals surface area contributed by atoms with E-state index in [-0.39, 0.29) is 24.7 Å². The van der Waals surface area contributed by atoms with Crippen LogP contribution in [0, 0.1) is 0 Å². The van der Waals surface area contributed by atoms with Crippen molar-refractivity contribution in [1.29, 1.82) is 0 Å². The first kappa shape index (κ1) is 17.7. The number of amides is 1. The van der Waals surface area contributed by atoms with E-state index in [2.05, 4.69) is 15.3 Å². The number of ether oxygens (including phenoxy) is 1. The summed E-state index contributed by atoms with van der Waals surface area (Å²) >= 11 is 0. The van der Waals surface area contributed by atoms with Gasteiger partial charge >= 0.3 is 6.18 Å². The van der Waals surface area contributed by atoms with Gasteiger partial charge in [-0.2, -0.15) is 18.3 Å². The van der Waals surface area contributed by atoms with Crippen LogP contribution in [0.2, 0.25) is 0 Å². The average molecular weight is 334 g/mol. The predicted octanol–water partition coefficient (Wildman–Crippen LogP) is 1.13. The summed E-state index contributed by atoms with van der Waals surface area (Å²) in [4.78, 5) is 13.9. The normalized spacial score (nSPS) is 23.0. The van der Waals surface area contributed by atoms with Gasteiger partial charge in [-0.25, -0.2) is 0 Å². The Hall–Kier alpha value is -1.61. The molecule has 1 aliphatic heterocycles. The summed E-state index contributed by atoms with van der Waals surface area (Å²) in [6, 6.07) is 0.851. The summed E-state index contributed by atoms with van der Waals surface area (Å²) in [6.07, 6.45) is -3.04. The van der Waals surface area contributed by atoms with Crippen LogP contribution in [0.5, 0.6) is 0 Å². The van der Waals surface area contributed by atoms with E-state index in [0.29, 0.717) is 13.1 Å². The Kier molecular flexibility index (Phi) is 5.64. The number of aromatic nitrogens is 2. The Morgan fingerprint density at radius 1 is 1.39 bits per heavy atom. The highest BCUT2D eigenvalue weighted by Gasteiger charge is 2.33. The molecule has 0 spiro atoms. The van der Waals surface area contributed by atoms with Crippen molar-refractivity contribution in [2.45, 2.75) is 38.8 Å². The molecule has 2 unspecified atom stereocenters. The van der Waals surface area contributed by atoms with Gasteiger partial charge in [0.25, 0.3) is 0 Å². The molecule has 1 aliphatic rings. The second-order valence-corrected chi connectivity index (χ2v) is 5.76. The van der Waals surface area contributed by atoms with Crippen molar-refractivity contribution in [3.8, 4) is 0 Å². The zero-order chi connectivity index (χ0) is 17.0. The number of hydrogen-bond acceptors (Lipinski definition) is 4. The molecule has 1 saturated heterocycles. The zero-order valence-corrected chi connectivity index (χ0v) is 13.1. The summed E-state index contributed by atoms with van der Waals surface area (Å²) in [5.41, 5.74) is -0.999. The molecule has 6 nitrogen and oxygen atoms in total. The molecule has 0 bridgehead atoms. The molecule has 2 atom stereocenters. The van der Waals surface area contributed by atoms with Crippen molar-refractivity contribution >= 4 is 5.91 Å².